The second-order valence-corrected chi connectivity index (χ2v) is 8.19. The summed E-state index contributed by atoms with van der Waals surface area (Å²) in [7, 11) is 0. The van der Waals surface area contributed by atoms with Gasteiger partial charge in [-0.05, 0) is 55.5 Å². The van der Waals surface area contributed by atoms with Crippen molar-refractivity contribution in [2.24, 2.45) is 5.92 Å². The molecule has 1 saturated carbocycles. The first-order chi connectivity index (χ1) is 15.0. The Hall–Kier alpha value is -2.90. The molecule has 0 atom stereocenters. The van der Waals surface area contributed by atoms with Crippen molar-refractivity contribution in [1.29, 1.82) is 0 Å². The van der Waals surface area contributed by atoms with Crippen LogP contribution in [0.1, 0.15) is 18.4 Å². The Bertz CT molecular complexity index is 1290. The number of benzene rings is 2. The van der Waals surface area contributed by atoms with Crippen molar-refractivity contribution in [2.75, 3.05) is 6.61 Å². The summed E-state index contributed by atoms with van der Waals surface area (Å²) in [5.41, 5.74) is 1.92. The van der Waals surface area contributed by atoms with E-state index in [1.165, 1.54) is 12.1 Å². The fourth-order valence-corrected chi connectivity index (χ4v) is 3.24. The lowest BCUT2D eigenvalue weighted by molar-refractivity contribution is 0.286. The normalized spacial score (nSPS) is 13.5. The van der Waals surface area contributed by atoms with Gasteiger partial charge in [0, 0.05) is 11.6 Å². The van der Waals surface area contributed by atoms with Crippen LogP contribution in [0.25, 0.3) is 22.7 Å². The van der Waals surface area contributed by atoms with Crippen LogP contribution in [-0.2, 0) is 0 Å². The van der Waals surface area contributed by atoms with E-state index >= 15 is 0 Å². The van der Waals surface area contributed by atoms with Gasteiger partial charge in [0.05, 0.1) is 16.7 Å². The molecule has 5 rings (SSSR count). The number of hydrogen-bond donors (Lipinski definition) is 0. The molecule has 0 bridgehead atoms. The molecule has 0 amide bonds. The molecule has 31 heavy (non-hydrogen) atoms. The lowest BCUT2D eigenvalue weighted by atomic mass is 10.2. The highest BCUT2D eigenvalue weighted by molar-refractivity contribution is 6.42. The largest absolute Gasteiger partial charge is 0.476 e. The van der Waals surface area contributed by atoms with Gasteiger partial charge in [-0.25, -0.2) is 9.37 Å². The lowest BCUT2D eigenvalue weighted by Gasteiger charge is -2.09. The number of aromatic nitrogens is 3. The molecule has 9 heteroatoms. The Morgan fingerprint density at radius 2 is 1.90 bits per heavy atom. The number of hydrogen-bond acceptors (Lipinski definition) is 6. The third-order valence-electron chi connectivity index (χ3n) is 4.88. The van der Waals surface area contributed by atoms with Crippen LogP contribution in [-0.4, -0.2) is 21.6 Å². The maximum Gasteiger partial charge on any atom is 0.328 e. The molecule has 0 aliphatic heterocycles. The molecule has 2 aromatic heterocycles. The molecule has 0 unspecified atom stereocenters. The summed E-state index contributed by atoms with van der Waals surface area (Å²) >= 11 is 12.1. The first kappa shape index (κ1) is 20.0. The summed E-state index contributed by atoms with van der Waals surface area (Å²) in [5, 5.41) is 0.805. The van der Waals surface area contributed by atoms with Crippen LogP contribution < -0.4 is 9.47 Å². The molecule has 6 nitrogen and oxygen atoms in total. The Labute approximate surface area is 186 Å². The number of halogens is 3. The number of fused-ring (bicyclic) bond motifs is 1. The van der Waals surface area contributed by atoms with E-state index in [9.17, 15) is 4.39 Å². The highest BCUT2D eigenvalue weighted by Crippen LogP contribution is 2.35. The van der Waals surface area contributed by atoms with E-state index in [0.29, 0.717) is 45.3 Å². The van der Waals surface area contributed by atoms with Crippen molar-refractivity contribution in [3.05, 3.63) is 57.8 Å². The molecule has 1 aliphatic rings. The van der Waals surface area contributed by atoms with Crippen molar-refractivity contribution >= 4 is 34.4 Å². The summed E-state index contributed by atoms with van der Waals surface area (Å²) in [4.78, 5) is 13.2. The molecule has 0 saturated heterocycles. The van der Waals surface area contributed by atoms with E-state index in [0.717, 1.165) is 18.4 Å². The number of oxazole rings is 1. The van der Waals surface area contributed by atoms with E-state index < -0.39 is 5.82 Å². The van der Waals surface area contributed by atoms with Gasteiger partial charge in [0.1, 0.15) is 11.6 Å². The summed E-state index contributed by atoms with van der Waals surface area (Å²) in [6.07, 6.45) is 2.24. The average Bonchev–Trinajstić information content (AvgIpc) is 3.47. The van der Waals surface area contributed by atoms with Crippen molar-refractivity contribution in [1.82, 2.24) is 15.0 Å². The second kappa shape index (κ2) is 7.98. The topological polar surface area (TPSA) is 70.3 Å². The van der Waals surface area contributed by atoms with Gasteiger partial charge in [-0.3, -0.25) is 0 Å². The van der Waals surface area contributed by atoms with E-state index in [2.05, 4.69) is 15.0 Å². The summed E-state index contributed by atoms with van der Waals surface area (Å²) in [5.74, 6) is 0.917. The smallest absolute Gasteiger partial charge is 0.328 e. The van der Waals surface area contributed by atoms with Crippen LogP contribution in [0, 0.1) is 18.7 Å². The molecule has 0 spiro atoms. The predicted molar refractivity (Wildman–Crippen MR) is 114 cm³/mol. The van der Waals surface area contributed by atoms with Crippen LogP contribution in [0.5, 0.6) is 17.6 Å². The minimum Gasteiger partial charge on any atom is -0.476 e. The van der Waals surface area contributed by atoms with Gasteiger partial charge in [-0.15, -0.1) is 0 Å². The zero-order valence-corrected chi connectivity index (χ0v) is 17.9. The van der Waals surface area contributed by atoms with Crippen molar-refractivity contribution < 1.29 is 18.3 Å². The third kappa shape index (κ3) is 4.29. The average molecular weight is 460 g/mol. The third-order valence-corrected chi connectivity index (χ3v) is 5.62. The summed E-state index contributed by atoms with van der Waals surface area (Å²) < 4.78 is 31.1. The number of ether oxygens (including phenoxy) is 2. The molecule has 1 fully saturated rings. The summed E-state index contributed by atoms with van der Waals surface area (Å²) in [6.45, 7) is 2.31. The molecular weight excluding hydrogens is 444 g/mol. The van der Waals surface area contributed by atoms with Crippen molar-refractivity contribution in [3.63, 3.8) is 0 Å². The second-order valence-electron chi connectivity index (χ2n) is 7.38. The number of rotatable bonds is 6. The molecule has 1 aliphatic carbocycles. The van der Waals surface area contributed by atoms with Gasteiger partial charge in [-0.2, -0.15) is 9.97 Å². The fraction of sp³-hybridized carbons (Fsp3) is 0.227. The standard InChI is InChI=1S/C22H16Cl2FN3O3/c1-11-2-6-14(25)9-17(11)30-22-27-20(29-10-12-3-4-12)18-21(28-22)31-19(26-18)13-5-7-15(23)16(24)8-13/h2,5-9,12H,3-4,10H2,1H3. The highest BCUT2D eigenvalue weighted by atomic mass is 35.5. The van der Waals surface area contributed by atoms with Gasteiger partial charge in [0.25, 0.3) is 11.6 Å². The Morgan fingerprint density at radius 1 is 1.06 bits per heavy atom. The quantitative estimate of drug-likeness (QED) is 0.322. The van der Waals surface area contributed by atoms with Crippen LogP contribution in [0.4, 0.5) is 4.39 Å². The zero-order valence-electron chi connectivity index (χ0n) is 16.4. The molecule has 4 aromatic rings. The van der Waals surface area contributed by atoms with Gasteiger partial charge in [0.15, 0.2) is 5.52 Å². The van der Waals surface area contributed by atoms with Crippen LogP contribution >= 0.6 is 23.2 Å². The number of nitrogens with zero attached hydrogens (tertiary/aromatic N) is 3. The van der Waals surface area contributed by atoms with Gasteiger partial charge in [0.2, 0.25) is 5.89 Å². The first-order valence-electron chi connectivity index (χ1n) is 9.67. The first-order valence-corrected chi connectivity index (χ1v) is 10.4. The Balaban J connectivity index is 1.56. The van der Waals surface area contributed by atoms with Crippen LogP contribution in [0.3, 0.4) is 0 Å². The van der Waals surface area contributed by atoms with Crippen LogP contribution in [0.2, 0.25) is 10.0 Å². The minimum atomic E-state index is -0.423. The zero-order chi connectivity index (χ0) is 21.5. The minimum absolute atomic E-state index is 0.0242. The number of aryl methyl sites for hydroxylation is 1. The predicted octanol–water partition coefficient (Wildman–Crippen LogP) is 6.62. The maximum atomic E-state index is 13.7. The molecule has 2 heterocycles. The SMILES string of the molecule is Cc1ccc(F)cc1Oc1nc(OCC2CC2)c2nc(-c3ccc(Cl)c(Cl)c3)oc2n1. The van der Waals surface area contributed by atoms with E-state index in [1.54, 1.807) is 31.2 Å². The molecule has 0 N–H and O–H groups in total. The van der Waals surface area contributed by atoms with Gasteiger partial charge < -0.3 is 13.9 Å². The van der Waals surface area contributed by atoms with E-state index in [4.69, 9.17) is 37.1 Å². The van der Waals surface area contributed by atoms with Crippen LogP contribution in [0.15, 0.2) is 40.8 Å². The Morgan fingerprint density at radius 3 is 2.68 bits per heavy atom. The fourth-order valence-electron chi connectivity index (χ4n) is 2.94. The molecule has 2 aromatic carbocycles. The lowest BCUT2D eigenvalue weighted by Crippen LogP contribution is -2.03. The van der Waals surface area contributed by atoms with Gasteiger partial charge in [-0.1, -0.05) is 29.3 Å². The van der Waals surface area contributed by atoms with Crippen molar-refractivity contribution in [2.45, 2.75) is 19.8 Å². The van der Waals surface area contributed by atoms with E-state index in [-0.39, 0.29) is 17.6 Å². The highest BCUT2D eigenvalue weighted by Gasteiger charge is 2.25. The molecule has 0 radical (unpaired) electrons. The maximum absolute atomic E-state index is 13.7. The van der Waals surface area contributed by atoms with Gasteiger partial charge >= 0.3 is 6.01 Å². The summed E-state index contributed by atoms with van der Waals surface area (Å²) in [6, 6.07) is 9.27. The monoisotopic (exact) mass is 459 g/mol. The molecular formula is C22H16Cl2FN3O3. The van der Waals surface area contributed by atoms with E-state index in [1.807, 2.05) is 0 Å². The van der Waals surface area contributed by atoms with Crippen molar-refractivity contribution in [3.8, 4) is 29.1 Å². The Kier molecular flexibility index (Phi) is 5.16. The molecule has 158 valence electrons.